The van der Waals surface area contributed by atoms with Gasteiger partial charge < -0.3 is 11.1 Å². The molecule has 2 nitrogen and oxygen atoms in total. The quantitative estimate of drug-likeness (QED) is 0.622. The molecule has 1 unspecified atom stereocenters. The third kappa shape index (κ3) is 3.91. The third-order valence-electron chi connectivity index (χ3n) is 3.88. The molecular weight excluding hydrogens is 196 g/mol. The topological polar surface area (TPSA) is 38.0 Å². The van der Waals surface area contributed by atoms with E-state index in [1.807, 2.05) is 0 Å². The number of nitrogens with one attached hydrogen (secondary N) is 1. The fraction of sp³-hybridized carbons (Fsp3) is 0.857. The Bertz CT molecular complexity index is 217. The van der Waals surface area contributed by atoms with Gasteiger partial charge in [0.25, 0.3) is 0 Å². The molecule has 1 aliphatic rings. The Morgan fingerprint density at radius 3 is 2.75 bits per heavy atom. The van der Waals surface area contributed by atoms with Crippen molar-refractivity contribution in [2.24, 2.45) is 5.73 Å². The van der Waals surface area contributed by atoms with Crippen LogP contribution in [0.1, 0.15) is 58.8 Å². The van der Waals surface area contributed by atoms with Crippen LogP contribution >= 0.6 is 0 Å². The molecule has 0 fully saturated rings. The summed E-state index contributed by atoms with van der Waals surface area (Å²) in [4.78, 5) is 0. The van der Waals surface area contributed by atoms with Crippen LogP contribution in [0.2, 0.25) is 0 Å². The highest BCUT2D eigenvalue weighted by Crippen LogP contribution is 2.21. The van der Waals surface area contributed by atoms with E-state index in [0.717, 1.165) is 19.5 Å². The van der Waals surface area contributed by atoms with Gasteiger partial charge in [-0.1, -0.05) is 31.9 Å². The van der Waals surface area contributed by atoms with Gasteiger partial charge in [0, 0.05) is 12.1 Å². The zero-order chi connectivity index (χ0) is 11.9. The van der Waals surface area contributed by atoms with E-state index in [9.17, 15) is 0 Å². The van der Waals surface area contributed by atoms with Crippen molar-refractivity contribution in [3.8, 4) is 0 Å². The minimum atomic E-state index is 0.188. The first-order valence-electron chi connectivity index (χ1n) is 6.89. The molecule has 1 aliphatic carbocycles. The molecule has 0 spiro atoms. The summed E-state index contributed by atoms with van der Waals surface area (Å²) in [6, 6.07) is 0. The van der Waals surface area contributed by atoms with Gasteiger partial charge in [-0.3, -0.25) is 0 Å². The molecule has 2 heteroatoms. The normalized spacial score (nSPS) is 19.6. The lowest BCUT2D eigenvalue weighted by Crippen LogP contribution is -2.51. The molecule has 0 bridgehead atoms. The third-order valence-corrected chi connectivity index (χ3v) is 3.88. The van der Waals surface area contributed by atoms with E-state index in [1.54, 1.807) is 5.57 Å². The summed E-state index contributed by atoms with van der Waals surface area (Å²) >= 11 is 0. The van der Waals surface area contributed by atoms with E-state index in [1.165, 1.54) is 38.5 Å². The average molecular weight is 224 g/mol. The standard InChI is InChI=1S/C14H28N2/c1-3-10-14(4-2,12-15)16-11-9-13-7-5-6-8-13/h7,16H,3-6,8-12,15H2,1-2H3. The molecule has 0 radical (unpaired) electrons. The smallest absolute Gasteiger partial charge is 0.0301 e. The highest BCUT2D eigenvalue weighted by molar-refractivity contribution is 5.07. The van der Waals surface area contributed by atoms with Crippen molar-refractivity contribution in [2.75, 3.05) is 13.1 Å². The van der Waals surface area contributed by atoms with Gasteiger partial charge in [-0.15, -0.1) is 0 Å². The van der Waals surface area contributed by atoms with Crippen LogP contribution in [0.3, 0.4) is 0 Å². The number of allylic oxidation sites excluding steroid dienone is 1. The number of nitrogens with two attached hydrogens (primary N) is 1. The number of rotatable bonds is 8. The fourth-order valence-electron chi connectivity index (χ4n) is 2.64. The van der Waals surface area contributed by atoms with Crippen LogP contribution in [-0.2, 0) is 0 Å². The predicted molar refractivity (Wildman–Crippen MR) is 71.5 cm³/mol. The molecule has 0 amide bonds. The SMILES string of the molecule is CCCC(CC)(CN)NCCC1=CCCC1. The van der Waals surface area contributed by atoms with Crippen LogP contribution in [0.4, 0.5) is 0 Å². The zero-order valence-electron chi connectivity index (χ0n) is 11.0. The Hall–Kier alpha value is -0.340. The van der Waals surface area contributed by atoms with E-state index < -0.39 is 0 Å². The summed E-state index contributed by atoms with van der Waals surface area (Å²) in [5.41, 5.74) is 7.75. The average Bonchev–Trinajstić information content (AvgIpc) is 2.81. The van der Waals surface area contributed by atoms with E-state index in [4.69, 9.17) is 5.73 Å². The van der Waals surface area contributed by atoms with Crippen LogP contribution in [0.25, 0.3) is 0 Å². The Morgan fingerprint density at radius 1 is 1.44 bits per heavy atom. The molecule has 3 N–H and O–H groups in total. The lowest BCUT2D eigenvalue weighted by atomic mass is 9.90. The van der Waals surface area contributed by atoms with Crippen molar-refractivity contribution in [1.29, 1.82) is 0 Å². The van der Waals surface area contributed by atoms with Crippen LogP contribution < -0.4 is 11.1 Å². The van der Waals surface area contributed by atoms with Gasteiger partial charge in [-0.25, -0.2) is 0 Å². The maximum atomic E-state index is 5.92. The molecule has 0 heterocycles. The van der Waals surface area contributed by atoms with Crippen LogP contribution in [0.15, 0.2) is 11.6 Å². The summed E-state index contributed by atoms with van der Waals surface area (Å²) in [6.07, 6.45) is 11.1. The summed E-state index contributed by atoms with van der Waals surface area (Å²) in [5.74, 6) is 0. The van der Waals surface area contributed by atoms with Gasteiger partial charge >= 0.3 is 0 Å². The molecule has 0 aromatic rings. The Balaban J connectivity index is 2.31. The fourth-order valence-corrected chi connectivity index (χ4v) is 2.64. The molecule has 94 valence electrons. The van der Waals surface area contributed by atoms with Gasteiger partial charge in [0.2, 0.25) is 0 Å². The predicted octanol–water partition coefficient (Wildman–Crippen LogP) is 2.98. The summed E-state index contributed by atoms with van der Waals surface area (Å²) in [5, 5.41) is 3.69. The van der Waals surface area contributed by atoms with Gasteiger partial charge in [0.05, 0.1) is 0 Å². The molecule has 0 aromatic carbocycles. The maximum Gasteiger partial charge on any atom is 0.0301 e. The van der Waals surface area contributed by atoms with Crippen molar-refractivity contribution in [3.05, 3.63) is 11.6 Å². The largest absolute Gasteiger partial charge is 0.329 e. The second-order valence-corrected chi connectivity index (χ2v) is 5.02. The minimum Gasteiger partial charge on any atom is -0.329 e. The molecule has 1 rings (SSSR count). The molecular formula is C14H28N2. The van der Waals surface area contributed by atoms with Gasteiger partial charge in [0.15, 0.2) is 0 Å². The highest BCUT2D eigenvalue weighted by atomic mass is 15.0. The first-order valence-corrected chi connectivity index (χ1v) is 6.89. The number of hydrogen-bond acceptors (Lipinski definition) is 2. The van der Waals surface area contributed by atoms with Gasteiger partial charge in [-0.2, -0.15) is 0 Å². The summed E-state index contributed by atoms with van der Waals surface area (Å²) < 4.78 is 0. The molecule has 16 heavy (non-hydrogen) atoms. The highest BCUT2D eigenvalue weighted by Gasteiger charge is 2.24. The van der Waals surface area contributed by atoms with Crippen molar-refractivity contribution in [1.82, 2.24) is 5.32 Å². The van der Waals surface area contributed by atoms with Crippen molar-refractivity contribution < 1.29 is 0 Å². The number of hydrogen-bond donors (Lipinski definition) is 2. The first-order chi connectivity index (χ1) is 7.76. The van der Waals surface area contributed by atoms with E-state index in [0.29, 0.717) is 0 Å². The van der Waals surface area contributed by atoms with E-state index >= 15 is 0 Å². The van der Waals surface area contributed by atoms with Crippen LogP contribution in [0, 0.1) is 0 Å². The Morgan fingerprint density at radius 2 is 2.25 bits per heavy atom. The van der Waals surface area contributed by atoms with Crippen molar-refractivity contribution in [3.63, 3.8) is 0 Å². The maximum absolute atomic E-state index is 5.92. The summed E-state index contributed by atoms with van der Waals surface area (Å²) in [6.45, 7) is 6.33. The molecule has 0 aliphatic heterocycles. The molecule has 0 saturated carbocycles. The first kappa shape index (κ1) is 13.7. The van der Waals surface area contributed by atoms with Gasteiger partial charge in [0.1, 0.15) is 0 Å². The van der Waals surface area contributed by atoms with Crippen LogP contribution in [-0.4, -0.2) is 18.6 Å². The molecule has 0 aromatic heterocycles. The van der Waals surface area contributed by atoms with E-state index in [-0.39, 0.29) is 5.54 Å². The second-order valence-electron chi connectivity index (χ2n) is 5.02. The van der Waals surface area contributed by atoms with Crippen molar-refractivity contribution >= 4 is 0 Å². The Kier molecular flexibility index (Phi) is 6.07. The summed E-state index contributed by atoms with van der Waals surface area (Å²) in [7, 11) is 0. The van der Waals surface area contributed by atoms with E-state index in [2.05, 4.69) is 25.2 Å². The van der Waals surface area contributed by atoms with Gasteiger partial charge in [-0.05, 0) is 45.1 Å². The van der Waals surface area contributed by atoms with Crippen LogP contribution in [0.5, 0.6) is 0 Å². The monoisotopic (exact) mass is 224 g/mol. The zero-order valence-corrected chi connectivity index (χ0v) is 11.0. The second kappa shape index (κ2) is 7.08. The minimum absolute atomic E-state index is 0.188. The molecule has 1 atom stereocenters. The van der Waals surface area contributed by atoms with Crippen molar-refractivity contribution in [2.45, 2.75) is 64.3 Å². The lowest BCUT2D eigenvalue weighted by Gasteiger charge is -2.32. The lowest BCUT2D eigenvalue weighted by molar-refractivity contribution is 0.298. The Labute approximate surface area is 101 Å². The molecule has 0 saturated heterocycles.